The van der Waals surface area contributed by atoms with E-state index in [1.165, 1.54) is 6.20 Å². The molecule has 1 heterocycles. The molecule has 0 saturated heterocycles. The SMILES string of the molecule is N#Cc1cc(F)c(NCc2cn(CC(=O)O)nn2)c(F)c1. The number of nitrogens with one attached hydrogen (secondary N) is 1. The highest BCUT2D eigenvalue weighted by Crippen LogP contribution is 2.20. The van der Waals surface area contributed by atoms with Crippen molar-refractivity contribution in [2.45, 2.75) is 13.1 Å². The molecular weight excluding hydrogens is 284 g/mol. The monoisotopic (exact) mass is 293 g/mol. The lowest BCUT2D eigenvalue weighted by Gasteiger charge is -2.07. The number of carboxylic acids is 1. The standard InChI is InChI=1S/C12H9F2N5O2/c13-9-1-7(3-15)2-10(14)12(9)16-4-8-5-19(18-17-8)6-11(20)21/h1-2,5,16H,4,6H2,(H,20,21). The van der Waals surface area contributed by atoms with E-state index in [0.29, 0.717) is 5.69 Å². The van der Waals surface area contributed by atoms with E-state index in [9.17, 15) is 13.6 Å². The Kier molecular flexibility index (Phi) is 4.08. The van der Waals surface area contributed by atoms with Crippen molar-refractivity contribution >= 4 is 11.7 Å². The molecule has 1 aromatic carbocycles. The van der Waals surface area contributed by atoms with Gasteiger partial charge in [0.2, 0.25) is 0 Å². The Morgan fingerprint density at radius 1 is 1.43 bits per heavy atom. The minimum Gasteiger partial charge on any atom is -0.480 e. The first-order chi connectivity index (χ1) is 9.99. The molecule has 0 saturated carbocycles. The van der Waals surface area contributed by atoms with Gasteiger partial charge in [-0.3, -0.25) is 4.79 Å². The molecule has 1 aromatic heterocycles. The summed E-state index contributed by atoms with van der Waals surface area (Å²) in [6.07, 6.45) is 1.35. The van der Waals surface area contributed by atoms with Crippen molar-refractivity contribution in [3.8, 4) is 6.07 Å². The highest BCUT2D eigenvalue weighted by atomic mass is 19.1. The molecule has 0 fully saturated rings. The average Bonchev–Trinajstić information content (AvgIpc) is 2.84. The number of halogens is 2. The summed E-state index contributed by atoms with van der Waals surface area (Å²) in [5, 5.41) is 26.9. The summed E-state index contributed by atoms with van der Waals surface area (Å²) in [5.41, 5.74) is -0.191. The van der Waals surface area contributed by atoms with Crippen LogP contribution in [0.25, 0.3) is 0 Å². The molecule has 0 radical (unpaired) electrons. The molecule has 0 unspecified atom stereocenters. The van der Waals surface area contributed by atoms with Crippen molar-refractivity contribution in [2.24, 2.45) is 0 Å². The van der Waals surface area contributed by atoms with E-state index >= 15 is 0 Å². The molecule has 7 nitrogen and oxygen atoms in total. The van der Waals surface area contributed by atoms with Crippen molar-refractivity contribution in [1.29, 1.82) is 5.26 Å². The van der Waals surface area contributed by atoms with Crippen LogP contribution < -0.4 is 5.32 Å². The van der Waals surface area contributed by atoms with Crippen molar-refractivity contribution in [2.75, 3.05) is 5.32 Å². The average molecular weight is 293 g/mol. The third-order valence-electron chi connectivity index (χ3n) is 2.50. The number of carbonyl (C=O) groups is 1. The minimum atomic E-state index is -1.08. The fourth-order valence-electron chi connectivity index (χ4n) is 1.62. The summed E-state index contributed by atoms with van der Waals surface area (Å²) in [5.74, 6) is -2.88. The van der Waals surface area contributed by atoms with E-state index < -0.39 is 17.6 Å². The number of nitriles is 1. The summed E-state index contributed by atoms with van der Waals surface area (Å²) in [6, 6.07) is 3.46. The highest BCUT2D eigenvalue weighted by molar-refractivity contribution is 5.66. The molecule has 2 rings (SSSR count). The van der Waals surface area contributed by atoms with E-state index in [4.69, 9.17) is 10.4 Å². The Labute approximate surface area is 117 Å². The van der Waals surface area contributed by atoms with Gasteiger partial charge in [0.1, 0.15) is 17.9 Å². The zero-order valence-corrected chi connectivity index (χ0v) is 10.5. The molecule has 21 heavy (non-hydrogen) atoms. The van der Waals surface area contributed by atoms with Crippen LogP contribution in [-0.2, 0) is 17.9 Å². The summed E-state index contributed by atoms with van der Waals surface area (Å²) >= 11 is 0. The number of hydrogen-bond acceptors (Lipinski definition) is 5. The van der Waals surface area contributed by atoms with Crippen LogP contribution in [0.5, 0.6) is 0 Å². The van der Waals surface area contributed by atoms with Gasteiger partial charge in [-0.25, -0.2) is 13.5 Å². The molecule has 2 aromatic rings. The fourth-order valence-corrected chi connectivity index (χ4v) is 1.62. The number of aliphatic carboxylic acids is 1. The molecule has 0 aliphatic heterocycles. The van der Waals surface area contributed by atoms with Crippen LogP contribution in [0.15, 0.2) is 18.3 Å². The van der Waals surface area contributed by atoms with Gasteiger partial charge in [-0.2, -0.15) is 5.26 Å². The Bertz CT molecular complexity index is 700. The number of anilines is 1. The molecule has 0 amide bonds. The van der Waals surface area contributed by atoms with Crippen molar-refractivity contribution in [1.82, 2.24) is 15.0 Å². The quantitative estimate of drug-likeness (QED) is 0.856. The Hall–Kier alpha value is -3.02. The fraction of sp³-hybridized carbons (Fsp3) is 0.167. The summed E-state index contributed by atoms with van der Waals surface area (Å²) < 4.78 is 28.3. The van der Waals surface area contributed by atoms with Gasteiger partial charge >= 0.3 is 5.97 Å². The summed E-state index contributed by atoms with van der Waals surface area (Å²) in [4.78, 5) is 10.5. The molecular formula is C12H9F2N5O2. The van der Waals surface area contributed by atoms with Crippen LogP contribution in [0.2, 0.25) is 0 Å². The number of nitrogens with zero attached hydrogens (tertiary/aromatic N) is 4. The summed E-state index contributed by atoms with van der Waals surface area (Å²) in [6.45, 7) is -0.397. The van der Waals surface area contributed by atoms with Gasteiger partial charge in [0.25, 0.3) is 0 Å². The summed E-state index contributed by atoms with van der Waals surface area (Å²) in [7, 11) is 0. The third kappa shape index (κ3) is 3.50. The largest absolute Gasteiger partial charge is 0.480 e. The smallest absolute Gasteiger partial charge is 0.325 e. The number of hydrogen-bond donors (Lipinski definition) is 2. The number of aromatic nitrogens is 3. The van der Waals surface area contributed by atoms with Gasteiger partial charge in [-0.15, -0.1) is 5.10 Å². The first kappa shape index (κ1) is 14.4. The highest BCUT2D eigenvalue weighted by Gasteiger charge is 2.12. The van der Waals surface area contributed by atoms with Crippen LogP contribution in [0, 0.1) is 23.0 Å². The molecule has 0 aliphatic rings. The molecule has 108 valence electrons. The molecule has 0 spiro atoms. The van der Waals surface area contributed by atoms with Crippen molar-refractivity contribution in [3.05, 3.63) is 41.2 Å². The lowest BCUT2D eigenvalue weighted by atomic mass is 10.2. The lowest BCUT2D eigenvalue weighted by Crippen LogP contribution is -2.09. The maximum Gasteiger partial charge on any atom is 0.325 e. The van der Waals surface area contributed by atoms with Crippen LogP contribution in [0.3, 0.4) is 0 Å². The van der Waals surface area contributed by atoms with Crippen LogP contribution in [0.4, 0.5) is 14.5 Å². The van der Waals surface area contributed by atoms with Gasteiger partial charge < -0.3 is 10.4 Å². The third-order valence-corrected chi connectivity index (χ3v) is 2.50. The van der Waals surface area contributed by atoms with Gasteiger partial charge in [-0.1, -0.05) is 5.21 Å². The van der Waals surface area contributed by atoms with Crippen LogP contribution in [-0.4, -0.2) is 26.1 Å². The van der Waals surface area contributed by atoms with E-state index in [-0.39, 0.29) is 24.3 Å². The van der Waals surface area contributed by atoms with Crippen molar-refractivity contribution in [3.63, 3.8) is 0 Å². The predicted molar refractivity (Wildman–Crippen MR) is 66.1 cm³/mol. The van der Waals surface area contributed by atoms with E-state index in [0.717, 1.165) is 16.8 Å². The first-order valence-corrected chi connectivity index (χ1v) is 5.73. The maximum absolute atomic E-state index is 13.6. The topological polar surface area (TPSA) is 104 Å². The maximum atomic E-state index is 13.6. The number of carboxylic acid groups (broad SMARTS) is 1. The van der Waals surface area contributed by atoms with Crippen LogP contribution >= 0.6 is 0 Å². The normalized spacial score (nSPS) is 10.1. The van der Waals surface area contributed by atoms with E-state index in [1.54, 1.807) is 6.07 Å². The Balaban J connectivity index is 2.08. The molecule has 9 heteroatoms. The van der Waals surface area contributed by atoms with Gasteiger partial charge in [-0.05, 0) is 12.1 Å². The molecule has 2 N–H and O–H groups in total. The lowest BCUT2D eigenvalue weighted by molar-refractivity contribution is -0.137. The van der Waals surface area contributed by atoms with E-state index in [2.05, 4.69) is 15.6 Å². The second kappa shape index (κ2) is 5.96. The predicted octanol–water partition coefficient (Wildman–Crippen LogP) is 1.12. The zero-order chi connectivity index (χ0) is 15.4. The second-order valence-electron chi connectivity index (χ2n) is 4.08. The zero-order valence-electron chi connectivity index (χ0n) is 10.5. The molecule has 0 bridgehead atoms. The molecule has 0 atom stereocenters. The molecule has 0 aliphatic carbocycles. The first-order valence-electron chi connectivity index (χ1n) is 5.73. The minimum absolute atomic E-state index is 0.0423. The Morgan fingerprint density at radius 2 is 2.10 bits per heavy atom. The van der Waals surface area contributed by atoms with Crippen molar-refractivity contribution < 1.29 is 18.7 Å². The van der Waals surface area contributed by atoms with Gasteiger partial charge in [0, 0.05) is 0 Å². The number of rotatable bonds is 5. The van der Waals surface area contributed by atoms with E-state index in [1.807, 2.05) is 0 Å². The van der Waals surface area contributed by atoms with Gasteiger partial charge in [0.05, 0.1) is 24.4 Å². The Morgan fingerprint density at radius 3 is 2.67 bits per heavy atom. The number of benzene rings is 1. The second-order valence-corrected chi connectivity index (χ2v) is 4.08. The van der Waals surface area contributed by atoms with Gasteiger partial charge in [0.15, 0.2) is 11.6 Å². The van der Waals surface area contributed by atoms with Crippen LogP contribution in [0.1, 0.15) is 11.3 Å².